The lowest BCUT2D eigenvalue weighted by atomic mass is 10.1. The number of fused-ring (bicyclic) bond motifs is 2. The average molecular weight is 419 g/mol. The number of rotatable bonds is 6. The lowest BCUT2D eigenvalue weighted by Gasteiger charge is -2.25. The largest absolute Gasteiger partial charge is 0.389 e. The fourth-order valence-corrected chi connectivity index (χ4v) is 3.24. The van der Waals surface area contributed by atoms with Crippen molar-refractivity contribution in [2.24, 2.45) is 0 Å². The molecule has 152 valence electrons. The van der Waals surface area contributed by atoms with E-state index < -0.39 is 5.60 Å². The minimum absolute atomic E-state index is 0.256. The summed E-state index contributed by atoms with van der Waals surface area (Å²) in [5.41, 5.74) is 0.393. The standard InChI is InChI=1S/C18H20ClFN8O/c1-18(2,29)9-27(3)17-25-15-10(19)7-22-28(15)16(26-17)21-8-13-23-12-6-4-5-11(20)14(12)24-13/h4-7,29H,8-9H2,1-3H3,(H,23,24)(H,21,25,26). The van der Waals surface area contributed by atoms with Gasteiger partial charge in [0.25, 0.3) is 0 Å². The third-order valence-electron chi connectivity index (χ3n) is 4.21. The number of para-hydroxylation sites is 1. The van der Waals surface area contributed by atoms with Gasteiger partial charge in [0.05, 0.1) is 23.9 Å². The van der Waals surface area contributed by atoms with Crippen LogP contribution in [0.2, 0.25) is 5.02 Å². The van der Waals surface area contributed by atoms with E-state index in [0.717, 1.165) is 0 Å². The predicted octanol–water partition coefficient (Wildman–Crippen LogP) is 2.61. The number of aromatic amines is 1. The molecule has 0 saturated carbocycles. The maximum absolute atomic E-state index is 13.9. The molecule has 9 nitrogen and oxygen atoms in total. The topological polar surface area (TPSA) is 107 Å². The molecule has 0 spiro atoms. The number of halogens is 2. The molecule has 3 heterocycles. The van der Waals surface area contributed by atoms with Crippen LogP contribution in [0.15, 0.2) is 24.4 Å². The van der Waals surface area contributed by atoms with Crippen molar-refractivity contribution in [3.63, 3.8) is 0 Å². The molecule has 4 aromatic rings. The van der Waals surface area contributed by atoms with Crippen LogP contribution in [0.1, 0.15) is 19.7 Å². The van der Waals surface area contributed by atoms with E-state index >= 15 is 0 Å². The highest BCUT2D eigenvalue weighted by Gasteiger charge is 2.20. The van der Waals surface area contributed by atoms with Gasteiger partial charge in [-0.3, -0.25) is 0 Å². The Hall–Kier alpha value is -2.98. The Morgan fingerprint density at radius 1 is 1.31 bits per heavy atom. The number of nitrogens with one attached hydrogen (secondary N) is 2. The zero-order valence-corrected chi connectivity index (χ0v) is 16.9. The van der Waals surface area contributed by atoms with Crippen LogP contribution in [0.4, 0.5) is 16.3 Å². The summed E-state index contributed by atoms with van der Waals surface area (Å²) in [6.45, 7) is 3.98. The molecule has 3 aromatic heterocycles. The lowest BCUT2D eigenvalue weighted by Crippen LogP contribution is -2.37. The maximum atomic E-state index is 13.9. The molecule has 1 aromatic carbocycles. The summed E-state index contributed by atoms with van der Waals surface area (Å²) in [5, 5.41) is 17.8. The summed E-state index contributed by atoms with van der Waals surface area (Å²) in [6.07, 6.45) is 1.48. The van der Waals surface area contributed by atoms with Gasteiger partial charge in [0.1, 0.15) is 16.4 Å². The van der Waals surface area contributed by atoms with Crippen molar-refractivity contribution >= 4 is 40.2 Å². The van der Waals surface area contributed by atoms with Gasteiger partial charge in [-0.15, -0.1) is 0 Å². The van der Waals surface area contributed by atoms with Crippen molar-refractivity contribution in [2.45, 2.75) is 26.0 Å². The van der Waals surface area contributed by atoms with Crippen LogP contribution in [0.3, 0.4) is 0 Å². The van der Waals surface area contributed by atoms with Gasteiger partial charge in [-0.05, 0) is 26.0 Å². The summed E-state index contributed by atoms with van der Waals surface area (Å²) < 4.78 is 15.4. The molecule has 0 fully saturated rings. The SMILES string of the molecule is CN(CC(C)(C)O)c1nc(NCc2nc3c(F)cccc3[nH]2)n2ncc(Cl)c2n1. The van der Waals surface area contributed by atoms with Crippen molar-refractivity contribution in [3.05, 3.63) is 41.1 Å². The van der Waals surface area contributed by atoms with Crippen molar-refractivity contribution in [1.82, 2.24) is 29.5 Å². The Balaban J connectivity index is 1.65. The van der Waals surface area contributed by atoms with Crippen LogP contribution < -0.4 is 10.2 Å². The molecule has 0 aliphatic carbocycles. The first-order valence-electron chi connectivity index (χ1n) is 8.93. The van der Waals surface area contributed by atoms with Gasteiger partial charge in [0, 0.05) is 13.6 Å². The van der Waals surface area contributed by atoms with Crippen LogP contribution in [0.25, 0.3) is 16.7 Å². The summed E-state index contributed by atoms with van der Waals surface area (Å²) in [4.78, 5) is 18.0. The van der Waals surface area contributed by atoms with Gasteiger partial charge in [-0.1, -0.05) is 17.7 Å². The number of imidazole rings is 1. The molecule has 0 saturated heterocycles. The van der Waals surface area contributed by atoms with Gasteiger partial charge in [0.15, 0.2) is 11.5 Å². The Labute approximate surface area is 170 Å². The van der Waals surface area contributed by atoms with Crippen LogP contribution in [-0.4, -0.2) is 53.9 Å². The highest BCUT2D eigenvalue weighted by molar-refractivity contribution is 6.33. The zero-order valence-electron chi connectivity index (χ0n) is 16.1. The average Bonchev–Trinajstić information content (AvgIpc) is 3.23. The van der Waals surface area contributed by atoms with Crippen molar-refractivity contribution in [1.29, 1.82) is 0 Å². The first-order chi connectivity index (χ1) is 13.7. The van der Waals surface area contributed by atoms with Crippen molar-refractivity contribution < 1.29 is 9.50 Å². The third-order valence-corrected chi connectivity index (χ3v) is 4.47. The number of hydrogen-bond donors (Lipinski definition) is 3. The van der Waals surface area contributed by atoms with E-state index in [2.05, 4.69) is 30.4 Å². The highest BCUT2D eigenvalue weighted by Crippen LogP contribution is 2.22. The third kappa shape index (κ3) is 3.94. The molecule has 0 radical (unpaired) electrons. The Kier molecular flexibility index (Phi) is 4.75. The summed E-state index contributed by atoms with van der Waals surface area (Å²) in [7, 11) is 1.78. The number of benzene rings is 1. The quantitative estimate of drug-likeness (QED) is 0.441. The molecule has 0 atom stereocenters. The van der Waals surface area contributed by atoms with Crippen molar-refractivity contribution in [3.8, 4) is 0 Å². The van der Waals surface area contributed by atoms with Gasteiger partial charge in [0.2, 0.25) is 11.9 Å². The van der Waals surface area contributed by atoms with Gasteiger partial charge >= 0.3 is 0 Å². The fraction of sp³-hybridized carbons (Fsp3) is 0.333. The summed E-state index contributed by atoms with van der Waals surface area (Å²) >= 11 is 6.21. The van der Waals surface area contributed by atoms with Gasteiger partial charge in [-0.25, -0.2) is 9.37 Å². The molecule has 4 rings (SSSR count). The van der Waals surface area contributed by atoms with Gasteiger partial charge < -0.3 is 20.3 Å². The molecular weight excluding hydrogens is 399 g/mol. The van der Waals surface area contributed by atoms with Crippen molar-refractivity contribution in [2.75, 3.05) is 23.8 Å². The summed E-state index contributed by atoms with van der Waals surface area (Å²) in [6, 6.07) is 4.75. The summed E-state index contributed by atoms with van der Waals surface area (Å²) in [5.74, 6) is 0.922. The number of H-pyrrole nitrogens is 1. The number of likely N-dealkylation sites (N-methyl/N-ethyl adjacent to an activating group) is 1. The second kappa shape index (κ2) is 7.12. The molecule has 0 aliphatic heterocycles. The van der Waals surface area contributed by atoms with E-state index in [-0.39, 0.29) is 17.9 Å². The van der Waals surface area contributed by atoms with Gasteiger partial charge in [-0.2, -0.15) is 19.6 Å². The maximum Gasteiger partial charge on any atom is 0.230 e. The van der Waals surface area contributed by atoms with Crippen LogP contribution >= 0.6 is 11.6 Å². The first-order valence-corrected chi connectivity index (χ1v) is 9.31. The van der Waals surface area contributed by atoms with E-state index in [4.69, 9.17) is 11.6 Å². The number of anilines is 2. The Morgan fingerprint density at radius 2 is 2.10 bits per heavy atom. The smallest absolute Gasteiger partial charge is 0.230 e. The Morgan fingerprint density at radius 3 is 2.83 bits per heavy atom. The molecule has 11 heteroatoms. The molecular formula is C18H20ClFN8O. The second-order valence-corrected chi connectivity index (χ2v) is 7.82. The minimum atomic E-state index is -0.930. The Bertz CT molecular complexity index is 1180. The second-order valence-electron chi connectivity index (χ2n) is 7.42. The highest BCUT2D eigenvalue weighted by atomic mass is 35.5. The van der Waals surface area contributed by atoms with Crippen LogP contribution in [0, 0.1) is 5.82 Å². The van der Waals surface area contributed by atoms with E-state index in [1.165, 1.54) is 16.8 Å². The predicted molar refractivity (Wildman–Crippen MR) is 109 cm³/mol. The van der Waals surface area contributed by atoms with Crippen LogP contribution in [0.5, 0.6) is 0 Å². The fourth-order valence-electron chi connectivity index (χ4n) is 3.07. The van der Waals surface area contributed by atoms with E-state index in [9.17, 15) is 9.50 Å². The van der Waals surface area contributed by atoms with E-state index in [1.807, 2.05) is 0 Å². The molecule has 0 bridgehead atoms. The number of aliphatic hydroxyl groups is 1. The molecule has 0 aliphatic rings. The van der Waals surface area contributed by atoms with Crippen LogP contribution in [-0.2, 0) is 6.54 Å². The number of hydrogen-bond acceptors (Lipinski definition) is 7. The van der Waals surface area contributed by atoms with E-state index in [1.54, 1.807) is 37.9 Å². The lowest BCUT2D eigenvalue weighted by molar-refractivity contribution is 0.0883. The normalized spacial score (nSPS) is 12.1. The monoisotopic (exact) mass is 418 g/mol. The zero-order chi connectivity index (χ0) is 20.8. The van der Waals surface area contributed by atoms with E-state index in [0.29, 0.717) is 40.5 Å². The number of nitrogens with zero attached hydrogens (tertiary/aromatic N) is 6. The molecule has 0 amide bonds. The number of aromatic nitrogens is 6. The molecule has 29 heavy (non-hydrogen) atoms. The molecule has 0 unspecified atom stereocenters. The minimum Gasteiger partial charge on any atom is -0.389 e. The molecule has 3 N–H and O–H groups in total. The first kappa shape index (κ1) is 19.3.